The first-order chi connectivity index (χ1) is 16.3. The zero-order valence-electron chi connectivity index (χ0n) is 19.2. The highest BCUT2D eigenvalue weighted by atomic mass is 35.5. The molecule has 1 aliphatic carbocycles. The molecule has 3 N–H and O–H groups in total. The second-order valence-electron chi connectivity index (χ2n) is 8.27. The van der Waals surface area contributed by atoms with Crippen LogP contribution in [0.1, 0.15) is 52.0 Å². The van der Waals surface area contributed by atoms with Crippen LogP contribution in [0.2, 0.25) is 5.02 Å². The number of hydrogen-bond donors (Lipinski definition) is 3. The number of nitrogens with one attached hydrogen (secondary N) is 2. The minimum absolute atomic E-state index is 0.0149. The van der Waals surface area contributed by atoms with Gasteiger partial charge < -0.3 is 25.2 Å². The van der Waals surface area contributed by atoms with E-state index in [2.05, 4.69) is 10.6 Å². The van der Waals surface area contributed by atoms with Crippen LogP contribution in [0.25, 0.3) is 0 Å². The molecule has 0 bridgehead atoms. The number of carboxylic acid groups (broad SMARTS) is 1. The first-order valence-corrected chi connectivity index (χ1v) is 11.6. The molecule has 0 aliphatic heterocycles. The fourth-order valence-corrected chi connectivity index (χ4v) is 4.20. The second kappa shape index (κ2) is 11.7. The number of carbonyl (C=O) groups excluding carboxylic acids is 2. The van der Waals surface area contributed by atoms with Crippen molar-refractivity contribution in [3.63, 3.8) is 0 Å². The summed E-state index contributed by atoms with van der Waals surface area (Å²) in [5.74, 6) is -0.413. The van der Waals surface area contributed by atoms with Crippen molar-refractivity contribution in [2.45, 2.75) is 38.7 Å². The molecule has 0 aromatic heterocycles. The van der Waals surface area contributed by atoms with E-state index in [-0.39, 0.29) is 36.9 Å². The number of methoxy groups -OCH3 is 1. The van der Waals surface area contributed by atoms with Gasteiger partial charge in [0.2, 0.25) is 0 Å². The van der Waals surface area contributed by atoms with Gasteiger partial charge in [-0.15, -0.1) is 0 Å². The van der Waals surface area contributed by atoms with E-state index in [9.17, 15) is 14.4 Å². The molecule has 1 fully saturated rings. The van der Waals surface area contributed by atoms with Crippen LogP contribution in [0.5, 0.6) is 11.5 Å². The second-order valence-corrected chi connectivity index (χ2v) is 8.67. The maximum absolute atomic E-state index is 12.5. The van der Waals surface area contributed by atoms with Crippen molar-refractivity contribution in [1.82, 2.24) is 10.6 Å². The number of aryl methyl sites for hydroxylation is 1. The maximum Gasteiger partial charge on any atom is 0.306 e. The van der Waals surface area contributed by atoms with E-state index in [1.807, 2.05) is 13.0 Å². The average Bonchev–Trinajstić information content (AvgIpc) is 2.82. The zero-order chi connectivity index (χ0) is 24.7. The zero-order valence-corrected chi connectivity index (χ0v) is 20.0. The summed E-state index contributed by atoms with van der Waals surface area (Å²) in [7, 11) is 1.50. The van der Waals surface area contributed by atoms with Gasteiger partial charge in [0, 0.05) is 24.2 Å². The molecule has 0 heterocycles. The van der Waals surface area contributed by atoms with Crippen LogP contribution in [-0.2, 0) is 4.79 Å². The van der Waals surface area contributed by atoms with Crippen molar-refractivity contribution in [2.24, 2.45) is 5.92 Å². The maximum atomic E-state index is 12.5. The number of ether oxygens (including phenoxy) is 2. The van der Waals surface area contributed by atoms with Crippen molar-refractivity contribution >= 4 is 29.4 Å². The first-order valence-electron chi connectivity index (χ1n) is 11.2. The van der Waals surface area contributed by atoms with Crippen LogP contribution in [0.4, 0.5) is 0 Å². The van der Waals surface area contributed by atoms with Gasteiger partial charge in [-0.3, -0.25) is 14.4 Å². The molecule has 1 aliphatic rings. The summed E-state index contributed by atoms with van der Waals surface area (Å²) in [6, 6.07) is 10.0. The molecule has 0 atom stereocenters. The van der Waals surface area contributed by atoms with Gasteiger partial charge in [-0.05, 0) is 74.6 Å². The lowest BCUT2D eigenvalue weighted by Gasteiger charge is -2.27. The normalized spacial score (nSPS) is 17.5. The Kier molecular flexibility index (Phi) is 8.76. The van der Waals surface area contributed by atoms with E-state index < -0.39 is 5.97 Å². The Labute approximate surface area is 203 Å². The highest BCUT2D eigenvalue weighted by Crippen LogP contribution is 2.29. The molecule has 2 aromatic rings. The quantitative estimate of drug-likeness (QED) is 0.462. The van der Waals surface area contributed by atoms with Crippen molar-refractivity contribution < 1.29 is 29.0 Å². The Morgan fingerprint density at radius 1 is 1.00 bits per heavy atom. The first kappa shape index (κ1) is 25.4. The molecule has 9 heteroatoms. The van der Waals surface area contributed by atoms with E-state index in [0.29, 0.717) is 53.3 Å². The Morgan fingerprint density at radius 3 is 2.26 bits per heavy atom. The predicted octanol–water partition coefficient (Wildman–Crippen LogP) is 3.84. The molecule has 0 saturated heterocycles. The Bertz CT molecular complexity index is 1050. The Balaban J connectivity index is 1.44. The van der Waals surface area contributed by atoms with E-state index in [1.165, 1.54) is 13.2 Å². The molecule has 2 aromatic carbocycles. The largest absolute Gasteiger partial charge is 0.495 e. The van der Waals surface area contributed by atoms with Gasteiger partial charge in [-0.1, -0.05) is 11.6 Å². The van der Waals surface area contributed by atoms with Crippen LogP contribution in [0.3, 0.4) is 0 Å². The molecule has 0 radical (unpaired) electrons. The number of amides is 2. The standard InChI is InChI=1S/C25H29ClN2O6/c1-15-13-19(34-18-6-3-16(4-7-18)25(31)32)8-9-20(15)24(30)28-12-11-27-23(29)17-5-10-22(33-2)21(26)14-17/h5,8-10,13-14,16,18H,3-4,6-7,11-12H2,1-2H3,(H,27,29)(H,28,30)(H,31,32)/t16-,18+. The van der Waals surface area contributed by atoms with Gasteiger partial charge in [-0.2, -0.15) is 0 Å². The van der Waals surface area contributed by atoms with Crippen LogP contribution >= 0.6 is 11.6 Å². The number of carboxylic acids is 1. The Hall–Kier alpha value is -3.26. The van der Waals surface area contributed by atoms with E-state index in [4.69, 9.17) is 26.2 Å². The smallest absolute Gasteiger partial charge is 0.306 e. The molecule has 2 amide bonds. The lowest BCUT2D eigenvalue weighted by Crippen LogP contribution is -2.35. The predicted molar refractivity (Wildman–Crippen MR) is 128 cm³/mol. The Morgan fingerprint density at radius 2 is 1.68 bits per heavy atom. The fourth-order valence-electron chi connectivity index (χ4n) is 3.94. The summed E-state index contributed by atoms with van der Waals surface area (Å²) in [5.41, 5.74) is 1.70. The van der Waals surface area contributed by atoms with Gasteiger partial charge in [0.15, 0.2) is 0 Å². The molecular formula is C25H29ClN2O6. The van der Waals surface area contributed by atoms with E-state index in [1.54, 1.807) is 24.3 Å². The minimum Gasteiger partial charge on any atom is -0.495 e. The lowest BCUT2D eigenvalue weighted by molar-refractivity contribution is -0.143. The van der Waals surface area contributed by atoms with Gasteiger partial charge in [0.05, 0.1) is 24.2 Å². The third kappa shape index (κ3) is 6.63. The van der Waals surface area contributed by atoms with E-state index >= 15 is 0 Å². The van der Waals surface area contributed by atoms with Crippen molar-refractivity contribution in [3.8, 4) is 11.5 Å². The molecule has 0 unspecified atom stereocenters. The summed E-state index contributed by atoms with van der Waals surface area (Å²) in [6.45, 7) is 2.35. The number of halogens is 1. The minimum atomic E-state index is -0.741. The summed E-state index contributed by atoms with van der Waals surface area (Å²) in [4.78, 5) is 35.9. The third-order valence-corrected chi connectivity index (χ3v) is 6.17. The number of carbonyl (C=O) groups is 3. The summed E-state index contributed by atoms with van der Waals surface area (Å²) >= 11 is 6.05. The number of benzene rings is 2. The number of hydrogen-bond acceptors (Lipinski definition) is 5. The van der Waals surface area contributed by atoms with Crippen LogP contribution in [0, 0.1) is 12.8 Å². The molecule has 1 saturated carbocycles. The highest BCUT2D eigenvalue weighted by molar-refractivity contribution is 6.32. The average molecular weight is 489 g/mol. The van der Waals surface area contributed by atoms with Crippen molar-refractivity contribution in [2.75, 3.05) is 20.2 Å². The number of rotatable bonds is 9. The van der Waals surface area contributed by atoms with Gasteiger partial charge >= 0.3 is 5.97 Å². The fraction of sp³-hybridized carbons (Fsp3) is 0.400. The van der Waals surface area contributed by atoms with Crippen LogP contribution < -0.4 is 20.1 Å². The summed E-state index contributed by atoms with van der Waals surface area (Å²) in [5, 5.41) is 15.0. The van der Waals surface area contributed by atoms with Gasteiger partial charge in [0.1, 0.15) is 11.5 Å². The topological polar surface area (TPSA) is 114 Å². The van der Waals surface area contributed by atoms with Crippen LogP contribution in [0.15, 0.2) is 36.4 Å². The summed E-state index contributed by atoms with van der Waals surface area (Å²) in [6.07, 6.45) is 2.61. The number of aliphatic carboxylic acids is 1. The van der Waals surface area contributed by atoms with Gasteiger partial charge in [0.25, 0.3) is 11.8 Å². The molecule has 34 heavy (non-hydrogen) atoms. The molecule has 8 nitrogen and oxygen atoms in total. The molecule has 3 rings (SSSR count). The van der Waals surface area contributed by atoms with E-state index in [0.717, 1.165) is 5.56 Å². The third-order valence-electron chi connectivity index (χ3n) is 5.88. The lowest BCUT2D eigenvalue weighted by atomic mass is 9.87. The van der Waals surface area contributed by atoms with Gasteiger partial charge in [-0.25, -0.2) is 0 Å². The monoisotopic (exact) mass is 488 g/mol. The molecular weight excluding hydrogens is 460 g/mol. The van der Waals surface area contributed by atoms with Crippen molar-refractivity contribution in [3.05, 3.63) is 58.1 Å². The van der Waals surface area contributed by atoms with Crippen LogP contribution in [-0.4, -0.2) is 49.2 Å². The molecule has 0 spiro atoms. The SMILES string of the molecule is COc1ccc(C(=O)NCCNC(=O)c2ccc(O[C@H]3CC[C@@H](C(=O)O)CC3)cc2C)cc1Cl. The molecule has 182 valence electrons. The van der Waals surface area contributed by atoms with Crippen molar-refractivity contribution in [1.29, 1.82) is 0 Å². The summed E-state index contributed by atoms with van der Waals surface area (Å²) < 4.78 is 11.1. The highest BCUT2D eigenvalue weighted by Gasteiger charge is 2.27.